The Hall–Kier alpha value is -5.01. The lowest BCUT2D eigenvalue weighted by atomic mass is 10.0. The van der Waals surface area contributed by atoms with Gasteiger partial charge < -0.3 is 19.7 Å². The van der Waals surface area contributed by atoms with Crippen LogP contribution in [0.4, 0.5) is 0 Å². The topological polar surface area (TPSA) is 138 Å². The first-order chi connectivity index (χ1) is 20.5. The fourth-order valence-electron chi connectivity index (χ4n) is 4.38. The number of benzene rings is 4. The van der Waals surface area contributed by atoms with Crippen molar-refractivity contribution in [2.75, 3.05) is 6.61 Å². The number of carboxylic acids is 1. The average molecular weight is 581 g/mol. The Morgan fingerprint density at radius 2 is 1.81 bits per heavy atom. The number of aliphatic hydroxyl groups excluding tert-OH is 1. The molecule has 0 saturated heterocycles. The second-order valence-electron chi connectivity index (χ2n) is 9.29. The molecular formula is C32H25ClN4O5. The molecule has 0 saturated carbocycles. The van der Waals surface area contributed by atoms with Crippen LogP contribution in [-0.2, 0) is 17.9 Å². The summed E-state index contributed by atoms with van der Waals surface area (Å²) in [6.45, 7) is -0.419. The minimum Gasteiger partial charge on any atom is -0.488 e. The summed E-state index contributed by atoms with van der Waals surface area (Å²) < 4.78 is 12.3. The minimum atomic E-state index is -1.19. The zero-order valence-corrected chi connectivity index (χ0v) is 23.0. The van der Waals surface area contributed by atoms with E-state index in [4.69, 9.17) is 21.1 Å². The van der Waals surface area contributed by atoms with Gasteiger partial charge in [0.25, 0.3) is 0 Å². The zero-order chi connectivity index (χ0) is 29.5. The maximum Gasteiger partial charge on any atom is 0.323 e. The van der Waals surface area contributed by atoms with E-state index in [9.17, 15) is 20.3 Å². The van der Waals surface area contributed by atoms with Crippen molar-refractivity contribution in [2.45, 2.75) is 19.2 Å². The Labute approximate surface area is 246 Å². The summed E-state index contributed by atoms with van der Waals surface area (Å²) in [6, 6.07) is 26.8. The number of nitriles is 1. The first-order valence-electron chi connectivity index (χ1n) is 12.9. The maximum absolute atomic E-state index is 11.4. The third-order valence-electron chi connectivity index (χ3n) is 6.50. The standard InChI is InChI=1S/C32H25ClN4O5/c33-26-13-23(16-35-27(17-38)32(39)40)28(41-18-21-7-4-6-20(12-21)15-34)14-29(26)42-31-25-11-5-10-24(30(25)36-19-37-31)22-8-2-1-3-9-22/h1-14,19,27,35,38H,16-18H2,(H,39,40)/t27-/m0/s1. The Kier molecular flexibility index (Phi) is 8.90. The van der Waals surface area contributed by atoms with Gasteiger partial charge >= 0.3 is 5.97 Å². The predicted octanol–water partition coefficient (Wildman–Crippen LogP) is 5.73. The summed E-state index contributed by atoms with van der Waals surface area (Å²) in [4.78, 5) is 20.3. The number of carboxylic acid groups (broad SMARTS) is 1. The highest BCUT2D eigenvalue weighted by Gasteiger charge is 2.19. The van der Waals surface area contributed by atoms with Gasteiger partial charge in [0, 0.05) is 23.7 Å². The molecule has 5 aromatic rings. The van der Waals surface area contributed by atoms with E-state index in [2.05, 4.69) is 21.4 Å². The van der Waals surface area contributed by atoms with E-state index < -0.39 is 18.6 Å². The molecule has 0 fully saturated rings. The van der Waals surface area contributed by atoms with Gasteiger partial charge in [-0.1, -0.05) is 66.2 Å². The second kappa shape index (κ2) is 13.1. The summed E-state index contributed by atoms with van der Waals surface area (Å²) in [7, 11) is 0. The molecule has 1 atom stereocenters. The van der Waals surface area contributed by atoms with E-state index >= 15 is 0 Å². The lowest BCUT2D eigenvalue weighted by Gasteiger charge is -2.18. The maximum atomic E-state index is 11.4. The molecule has 1 heterocycles. The molecule has 0 aliphatic heterocycles. The molecule has 9 nitrogen and oxygen atoms in total. The molecule has 0 amide bonds. The van der Waals surface area contributed by atoms with Crippen molar-refractivity contribution < 1.29 is 24.5 Å². The van der Waals surface area contributed by atoms with Gasteiger partial charge in [0.05, 0.1) is 34.2 Å². The van der Waals surface area contributed by atoms with E-state index in [1.54, 1.807) is 30.3 Å². The van der Waals surface area contributed by atoms with Crippen LogP contribution in [0.3, 0.4) is 0 Å². The van der Waals surface area contributed by atoms with Crippen molar-refractivity contribution in [3.8, 4) is 34.6 Å². The van der Waals surface area contributed by atoms with Crippen LogP contribution in [-0.4, -0.2) is 38.8 Å². The number of hydrogen-bond acceptors (Lipinski definition) is 8. The number of para-hydroxylation sites is 1. The number of aliphatic hydroxyl groups is 1. The smallest absolute Gasteiger partial charge is 0.323 e. The van der Waals surface area contributed by atoms with E-state index in [0.29, 0.717) is 33.7 Å². The molecular weight excluding hydrogens is 556 g/mol. The molecule has 0 radical (unpaired) electrons. The molecule has 210 valence electrons. The predicted molar refractivity (Wildman–Crippen MR) is 157 cm³/mol. The molecule has 0 spiro atoms. The molecule has 10 heteroatoms. The lowest BCUT2D eigenvalue weighted by Crippen LogP contribution is -2.39. The number of rotatable bonds is 11. The highest BCUT2D eigenvalue weighted by Crippen LogP contribution is 2.38. The third-order valence-corrected chi connectivity index (χ3v) is 6.80. The van der Waals surface area contributed by atoms with Gasteiger partial charge in [-0.25, -0.2) is 9.97 Å². The van der Waals surface area contributed by atoms with Gasteiger partial charge in [-0.3, -0.25) is 10.1 Å². The van der Waals surface area contributed by atoms with Crippen LogP contribution in [0.15, 0.2) is 91.3 Å². The quantitative estimate of drug-likeness (QED) is 0.179. The number of hydrogen-bond donors (Lipinski definition) is 3. The number of nitrogens with zero attached hydrogens (tertiary/aromatic N) is 3. The number of nitrogens with one attached hydrogen (secondary N) is 1. The minimum absolute atomic E-state index is 0.0436. The molecule has 42 heavy (non-hydrogen) atoms. The van der Waals surface area contributed by atoms with E-state index in [1.807, 2.05) is 54.6 Å². The first-order valence-corrected chi connectivity index (χ1v) is 13.3. The number of halogens is 1. The molecule has 5 rings (SSSR count). The largest absolute Gasteiger partial charge is 0.488 e. The van der Waals surface area contributed by atoms with Crippen molar-refractivity contribution in [3.05, 3.63) is 113 Å². The van der Waals surface area contributed by atoms with Crippen LogP contribution in [0.1, 0.15) is 16.7 Å². The normalized spacial score (nSPS) is 11.5. The molecule has 0 bridgehead atoms. The highest BCUT2D eigenvalue weighted by molar-refractivity contribution is 6.32. The SMILES string of the molecule is N#Cc1cccc(COc2cc(Oc3ncnc4c(-c5ccccc5)cccc34)c(Cl)cc2CN[C@@H](CO)C(=O)O)c1. The molecule has 1 aromatic heterocycles. The van der Waals surface area contributed by atoms with Crippen LogP contribution < -0.4 is 14.8 Å². The van der Waals surface area contributed by atoms with Crippen LogP contribution in [0, 0.1) is 11.3 Å². The van der Waals surface area contributed by atoms with Crippen LogP contribution >= 0.6 is 11.6 Å². The summed E-state index contributed by atoms with van der Waals surface area (Å²) >= 11 is 6.64. The van der Waals surface area contributed by atoms with Crippen LogP contribution in [0.5, 0.6) is 17.4 Å². The summed E-state index contributed by atoms with van der Waals surface area (Å²) in [5.74, 6) is -0.257. The molecule has 0 aliphatic rings. The fraction of sp³-hybridized carbons (Fsp3) is 0.125. The van der Waals surface area contributed by atoms with Gasteiger partial charge in [0.2, 0.25) is 5.88 Å². The van der Waals surface area contributed by atoms with Crippen molar-refractivity contribution >= 4 is 28.5 Å². The average Bonchev–Trinajstić information content (AvgIpc) is 3.02. The Morgan fingerprint density at radius 1 is 1.00 bits per heavy atom. The number of ether oxygens (including phenoxy) is 2. The van der Waals surface area contributed by atoms with Crippen molar-refractivity contribution in [3.63, 3.8) is 0 Å². The van der Waals surface area contributed by atoms with Gasteiger partial charge in [-0.2, -0.15) is 5.26 Å². The molecule has 0 aliphatic carbocycles. The van der Waals surface area contributed by atoms with Gasteiger partial charge in [-0.15, -0.1) is 0 Å². The summed E-state index contributed by atoms with van der Waals surface area (Å²) in [5, 5.41) is 31.7. The Balaban J connectivity index is 1.49. The summed E-state index contributed by atoms with van der Waals surface area (Å²) in [6.07, 6.45) is 1.43. The van der Waals surface area contributed by atoms with Crippen LogP contribution in [0.2, 0.25) is 5.02 Å². The van der Waals surface area contributed by atoms with E-state index in [-0.39, 0.29) is 23.9 Å². The lowest BCUT2D eigenvalue weighted by molar-refractivity contribution is -0.140. The molecule has 3 N–H and O–H groups in total. The van der Waals surface area contributed by atoms with Crippen molar-refractivity contribution in [1.29, 1.82) is 5.26 Å². The third kappa shape index (κ3) is 6.48. The fourth-order valence-corrected chi connectivity index (χ4v) is 4.61. The van der Waals surface area contributed by atoms with E-state index in [1.165, 1.54) is 6.33 Å². The van der Waals surface area contributed by atoms with Gasteiger partial charge in [0.15, 0.2) is 5.75 Å². The Morgan fingerprint density at radius 3 is 2.57 bits per heavy atom. The number of aliphatic carboxylic acids is 1. The van der Waals surface area contributed by atoms with Crippen molar-refractivity contribution in [1.82, 2.24) is 15.3 Å². The van der Waals surface area contributed by atoms with Gasteiger partial charge in [-0.05, 0) is 35.4 Å². The van der Waals surface area contributed by atoms with Crippen molar-refractivity contribution in [2.24, 2.45) is 0 Å². The van der Waals surface area contributed by atoms with E-state index in [0.717, 1.165) is 16.7 Å². The number of fused-ring (bicyclic) bond motifs is 1. The first kappa shape index (κ1) is 28.5. The second-order valence-corrected chi connectivity index (χ2v) is 9.70. The van der Waals surface area contributed by atoms with Gasteiger partial charge in [0.1, 0.15) is 24.7 Å². The van der Waals surface area contributed by atoms with Crippen LogP contribution in [0.25, 0.3) is 22.0 Å². The number of carbonyl (C=O) groups is 1. The zero-order valence-electron chi connectivity index (χ0n) is 22.2. The molecule has 0 unspecified atom stereocenters. The molecule has 4 aromatic carbocycles. The summed E-state index contributed by atoms with van der Waals surface area (Å²) in [5.41, 5.74) is 4.44. The Bertz CT molecular complexity index is 1780. The monoisotopic (exact) mass is 580 g/mol. The number of aromatic nitrogens is 2. The highest BCUT2D eigenvalue weighted by atomic mass is 35.5.